The van der Waals surface area contributed by atoms with E-state index < -0.39 is 11.1 Å². The fourth-order valence-electron chi connectivity index (χ4n) is 2.69. The van der Waals surface area contributed by atoms with Gasteiger partial charge in [-0.3, -0.25) is 0 Å². The van der Waals surface area contributed by atoms with Crippen LogP contribution in [0, 0.1) is 6.92 Å². The van der Waals surface area contributed by atoms with Crippen LogP contribution in [0.25, 0.3) is 0 Å². The topological polar surface area (TPSA) is 47.6 Å². The van der Waals surface area contributed by atoms with Crippen LogP contribution < -0.4 is 10.1 Å². The van der Waals surface area contributed by atoms with E-state index >= 15 is 0 Å². The maximum absolute atomic E-state index is 12.5. The van der Waals surface area contributed by atoms with E-state index in [1.807, 2.05) is 39.0 Å². The average molecular weight is 277 g/mol. The van der Waals surface area contributed by atoms with Crippen LogP contribution in [0.1, 0.15) is 38.3 Å². The molecule has 0 spiro atoms. The van der Waals surface area contributed by atoms with Gasteiger partial charge < -0.3 is 14.8 Å². The number of carbonyl (C=O) groups is 1. The van der Waals surface area contributed by atoms with Crippen molar-refractivity contribution in [2.75, 3.05) is 13.7 Å². The third-order valence-electron chi connectivity index (χ3n) is 4.38. The number of hydrogen-bond acceptors (Lipinski definition) is 4. The number of fused-ring (bicyclic) bond motifs is 1. The van der Waals surface area contributed by atoms with Crippen molar-refractivity contribution in [1.29, 1.82) is 0 Å². The number of carbonyl (C=O) groups excluding carboxylic acids is 1. The Hall–Kier alpha value is -1.39. The van der Waals surface area contributed by atoms with Gasteiger partial charge in [0.2, 0.25) is 0 Å². The number of ether oxygens (including phenoxy) is 2. The summed E-state index contributed by atoms with van der Waals surface area (Å²) in [5.41, 5.74) is 0.194. The number of rotatable bonds is 4. The van der Waals surface area contributed by atoms with Crippen LogP contribution in [0.15, 0.2) is 18.2 Å². The SMILES string of the molecule is CCCOC1(C)c2cccc(C)c2OC(=O)C1(C)NC. The van der Waals surface area contributed by atoms with E-state index in [2.05, 4.69) is 12.2 Å². The largest absolute Gasteiger partial charge is 0.424 e. The number of nitrogens with one attached hydrogen (secondary N) is 1. The van der Waals surface area contributed by atoms with Crippen LogP contribution in [0.4, 0.5) is 0 Å². The number of benzene rings is 1. The van der Waals surface area contributed by atoms with Crippen LogP contribution in [-0.4, -0.2) is 25.2 Å². The van der Waals surface area contributed by atoms with Crippen LogP contribution in [0.5, 0.6) is 5.75 Å². The van der Waals surface area contributed by atoms with Crippen molar-refractivity contribution < 1.29 is 14.3 Å². The van der Waals surface area contributed by atoms with Gasteiger partial charge in [0.15, 0.2) is 0 Å². The maximum atomic E-state index is 12.5. The molecule has 0 amide bonds. The molecular formula is C16H23NO3. The molecule has 1 heterocycles. The summed E-state index contributed by atoms with van der Waals surface area (Å²) in [6.45, 7) is 8.37. The van der Waals surface area contributed by atoms with Gasteiger partial charge in [-0.15, -0.1) is 0 Å². The highest BCUT2D eigenvalue weighted by atomic mass is 16.6. The number of esters is 1. The fraction of sp³-hybridized carbons (Fsp3) is 0.562. The molecular weight excluding hydrogens is 254 g/mol. The molecule has 1 aliphatic rings. The predicted molar refractivity (Wildman–Crippen MR) is 77.9 cm³/mol. The molecule has 1 aromatic rings. The lowest BCUT2D eigenvalue weighted by atomic mass is 9.74. The van der Waals surface area contributed by atoms with Gasteiger partial charge in [0, 0.05) is 12.2 Å². The van der Waals surface area contributed by atoms with Crippen LogP contribution in [0.2, 0.25) is 0 Å². The average Bonchev–Trinajstić information content (AvgIpc) is 2.44. The van der Waals surface area contributed by atoms with E-state index in [0.29, 0.717) is 12.4 Å². The van der Waals surface area contributed by atoms with Crippen molar-refractivity contribution >= 4 is 5.97 Å². The van der Waals surface area contributed by atoms with E-state index in [-0.39, 0.29) is 5.97 Å². The molecule has 110 valence electrons. The monoisotopic (exact) mass is 277 g/mol. The minimum absolute atomic E-state index is 0.305. The van der Waals surface area contributed by atoms with Gasteiger partial charge in [0.25, 0.3) is 0 Å². The number of para-hydroxylation sites is 1. The van der Waals surface area contributed by atoms with Crippen molar-refractivity contribution in [1.82, 2.24) is 5.32 Å². The van der Waals surface area contributed by atoms with E-state index in [1.165, 1.54) is 0 Å². The first-order valence-electron chi connectivity index (χ1n) is 7.06. The Morgan fingerprint density at radius 2 is 2.05 bits per heavy atom. The predicted octanol–water partition coefficient (Wildman–Crippen LogP) is 2.53. The molecule has 20 heavy (non-hydrogen) atoms. The normalized spacial score (nSPS) is 28.9. The van der Waals surface area contributed by atoms with E-state index in [0.717, 1.165) is 17.5 Å². The van der Waals surface area contributed by atoms with E-state index in [1.54, 1.807) is 7.05 Å². The zero-order valence-corrected chi connectivity index (χ0v) is 12.9. The molecule has 0 aliphatic carbocycles. The van der Waals surface area contributed by atoms with Gasteiger partial charge in [-0.25, -0.2) is 4.79 Å². The van der Waals surface area contributed by atoms with Crippen LogP contribution in [0.3, 0.4) is 0 Å². The van der Waals surface area contributed by atoms with E-state index in [9.17, 15) is 4.79 Å². The Morgan fingerprint density at radius 1 is 1.35 bits per heavy atom. The lowest BCUT2D eigenvalue weighted by Crippen LogP contribution is -2.66. The minimum atomic E-state index is -0.914. The summed E-state index contributed by atoms with van der Waals surface area (Å²) in [6.07, 6.45) is 0.894. The van der Waals surface area contributed by atoms with Crippen molar-refractivity contribution in [3.05, 3.63) is 29.3 Å². The molecule has 2 atom stereocenters. The quantitative estimate of drug-likeness (QED) is 0.678. The third-order valence-corrected chi connectivity index (χ3v) is 4.38. The van der Waals surface area contributed by atoms with Crippen LogP contribution in [-0.2, 0) is 15.1 Å². The highest BCUT2D eigenvalue weighted by Crippen LogP contribution is 2.46. The Kier molecular flexibility index (Phi) is 3.89. The second kappa shape index (κ2) is 5.19. The summed E-state index contributed by atoms with van der Waals surface area (Å²) in [5, 5.41) is 3.09. The lowest BCUT2D eigenvalue weighted by molar-refractivity contribution is -0.167. The first-order valence-corrected chi connectivity index (χ1v) is 7.06. The van der Waals surface area contributed by atoms with Gasteiger partial charge in [-0.05, 0) is 39.8 Å². The second-order valence-electron chi connectivity index (χ2n) is 5.60. The molecule has 4 heteroatoms. The highest BCUT2D eigenvalue weighted by Gasteiger charge is 2.57. The van der Waals surface area contributed by atoms with Crippen molar-refractivity contribution in [2.24, 2.45) is 0 Å². The molecule has 0 fully saturated rings. The molecule has 0 saturated heterocycles. The number of aryl methyl sites for hydroxylation is 1. The Morgan fingerprint density at radius 3 is 2.65 bits per heavy atom. The van der Waals surface area contributed by atoms with Crippen molar-refractivity contribution in [3.63, 3.8) is 0 Å². The van der Waals surface area contributed by atoms with Gasteiger partial charge in [0.1, 0.15) is 16.9 Å². The lowest BCUT2D eigenvalue weighted by Gasteiger charge is -2.48. The molecule has 0 saturated carbocycles. The molecule has 0 bridgehead atoms. The molecule has 0 aromatic heterocycles. The van der Waals surface area contributed by atoms with E-state index in [4.69, 9.17) is 9.47 Å². The van der Waals surface area contributed by atoms with Gasteiger partial charge in [0.05, 0.1) is 0 Å². The van der Waals surface area contributed by atoms with Gasteiger partial charge in [-0.1, -0.05) is 25.1 Å². The Bertz CT molecular complexity index is 528. The third kappa shape index (κ3) is 1.95. The Balaban J connectivity index is 2.64. The molecule has 0 radical (unpaired) electrons. The highest BCUT2D eigenvalue weighted by molar-refractivity contribution is 5.87. The van der Waals surface area contributed by atoms with Crippen LogP contribution >= 0.6 is 0 Å². The first kappa shape index (κ1) is 15.0. The van der Waals surface area contributed by atoms with Crippen molar-refractivity contribution in [2.45, 2.75) is 45.3 Å². The summed E-state index contributed by atoms with van der Waals surface area (Å²) in [5.74, 6) is 0.323. The first-order chi connectivity index (χ1) is 9.40. The summed E-state index contributed by atoms with van der Waals surface area (Å²) in [6, 6.07) is 5.88. The molecule has 1 aliphatic heterocycles. The standard InChI is InChI=1S/C16H23NO3/c1-6-10-19-16(4)12-9-7-8-11(2)13(12)20-14(18)15(16,3)17-5/h7-9,17H,6,10H2,1-5H3. The smallest absolute Gasteiger partial charge is 0.334 e. The zero-order chi connectivity index (χ0) is 15.0. The molecule has 1 aromatic carbocycles. The van der Waals surface area contributed by atoms with Gasteiger partial charge in [-0.2, -0.15) is 0 Å². The Labute approximate surface area is 120 Å². The minimum Gasteiger partial charge on any atom is -0.424 e. The summed E-state index contributed by atoms with van der Waals surface area (Å²) in [4.78, 5) is 12.5. The fourth-order valence-corrected chi connectivity index (χ4v) is 2.69. The maximum Gasteiger partial charge on any atom is 0.334 e. The zero-order valence-electron chi connectivity index (χ0n) is 12.9. The summed E-state index contributed by atoms with van der Waals surface area (Å²) < 4.78 is 11.7. The summed E-state index contributed by atoms with van der Waals surface area (Å²) in [7, 11) is 1.76. The molecule has 2 rings (SSSR count). The molecule has 1 N–H and O–H groups in total. The number of hydrogen-bond donors (Lipinski definition) is 1. The molecule has 4 nitrogen and oxygen atoms in total. The van der Waals surface area contributed by atoms with Gasteiger partial charge >= 0.3 is 5.97 Å². The second-order valence-corrected chi connectivity index (χ2v) is 5.60. The van der Waals surface area contributed by atoms with Crippen molar-refractivity contribution in [3.8, 4) is 5.75 Å². The summed E-state index contributed by atoms with van der Waals surface area (Å²) >= 11 is 0. The molecule has 2 unspecified atom stereocenters. The number of likely N-dealkylation sites (N-methyl/N-ethyl adjacent to an activating group) is 1.